The van der Waals surface area contributed by atoms with Crippen molar-refractivity contribution in [1.82, 2.24) is 10.6 Å². The Hall–Kier alpha value is -1.97. The molecule has 3 heteroatoms. The van der Waals surface area contributed by atoms with E-state index in [4.69, 9.17) is 0 Å². The molecule has 2 N–H and O–H groups in total. The zero-order valence-electron chi connectivity index (χ0n) is 10.5. The van der Waals surface area contributed by atoms with Crippen LogP contribution in [0.1, 0.15) is 23.2 Å². The molecule has 0 spiro atoms. The van der Waals surface area contributed by atoms with Crippen molar-refractivity contribution >= 4 is 6.29 Å². The molecule has 19 heavy (non-hydrogen) atoms. The molecule has 3 rings (SSSR count). The van der Waals surface area contributed by atoms with E-state index in [2.05, 4.69) is 34.9 Å². The molecule has 1 aliphatic heterocycles. The fraction of sp³-hybridized carbons (Fsp3) is 0.188. The first-order valence-electron chi connectivity index (χ1n) is 6.46. The summed E-state index contributed by atoms with van der Waals surface area (Å²) in [7, 11) is 0. The second kappa shape index (κ2) is 5.34. The largest absolute Gasteiger partial charge is 0.300 e. The van der Waals surface area contributed by atoms with Crippen LogP contribution in [-0.4, -0.2) is 12.5 Å². The van der Waals surface area contributed by atoms with E-state index in [0.717, 1.165) is 6.29 Å². The predicted molar refractivity (Wildman–Crippen MR) is 74.5 cm³/mol. The highest BCUT2D eigenvalue weighted by molar-refractivity contribution is 5.58. The summed E-state index contributed by atoms with van der Waals surface area (Å²) in [5, 5.41) is 6.65. The molecule has 0 saturated carbocycles. The minimum absolute atomic E-state index is 0.110. The normalized spacial score (nSPS) is 26.2. The zero-order valence-corrected chi connectivity index (χ0v) is 10.5. The van der Waals surface area contributed by atoms with Gasteiger partial charge in [-0.2, -0.15) is 0 Å². The second-order valence-corrected chi connectivity index (χ2v) is 4.72. The molecule has 0 aliphatic carbocycles. The van der Waals surface area contributed by atoms with Crippen LogP contribution in [0.5, 0.6) is 0 Å². The van der Waals surface area contributed by atoms with E-state index < -0.39 is 0 Å². The van der Waals surface area contributed by atoms with Crippen LogP contribution in [-0.2, 0) is 4.79 Å². The van der Waals surface area contributed by atoms with E-state index >= 15 is 0 Å². The number of nitrogens with one attached hydrogen (secondary N) is 2. The van der Waals surface area contributed by atoms with Gasteiger partial charge >= 0.3 is 0 Å². The van der Waals surface area contributed by atoms with Gasteiger partial charge in [-0.05, 0) is 11.1 Å². The molecule has 3 atom stereocenters. The van der Waals surface area contributed by atoms with Gasteiger partial charge in [0.1, 0.15) is 6.17 Å². The Morgan fingerprint density at radius 2 is 1.16 bits per heavy atom. The molecular weight excluding hydrogens is 236 g/mol. The first-order chi connectivity index (χ1) is 9.38. The number of aldehydes is 1. The maximum atomic E-state index is 11.0. The molecule has 0 bridgehead atoms. The fourth-order valence-corrected chi connectivity index (χ4v) is 2.60. The lowest BCUT2D eigenvalue weighted by molar-refractivity contribution is -0.109. The fourth-order valence-electron chi connectivity index (χ4n) is 2.60. The Kier molecular flexibility index (Phi) is 3.40. The third-order valence-corrected chi connectivity index (χ3v) is 3.51. The minimum atomic E-state index is -0.296. The maximum absolute atomic E-state index is 11.0. The minimum Gasteiger partial charge on any atom is -0.300 e. The molecule has 1 saturated heterocycles. The van der Waals surface area contributed by atoms with Gasteiger partial charge in [-0.1, -0.05) is 60.7 Å². The topological polar surface area (TPSA) is 41.1 Å². The maximum Gasteiger partial charge on any atom is 0.151 e. The number of carbonyl (C=O) groups is 1. The molecule has 96 valence electrons. The third kappa shape index (κ3) is 2.43. The van der Waals surface area contributed by atoms with Crippen molar-refractivity contribution in [1.29, 1.82) is 0 Å². The Balaban J connectivity index is 1.94. The number of carbonyl (C=O) groups excluding carboxylic acids is 1. The van der Waals surface area contributed by atoms with Crippen LogP contribution in [0.25, 0.3) is 0 Å². The molecule has 0 radical (unpaired) electrons. The van der Waals surface area contributed by atoms with Gasteiger partial charge in [0.05, 0.1) is 12.1 Å². The highest BCUT2D eigenvalue weighted by Gasteiger charge is 2.34. The standard InChI is InChI=1S/C16H16N2O/c19-11-14-17-15(12-7-3-1-4-8-12)16(18-14)13-9-5-2-6-10-13/h1-11,14-18H/t14?,15-,16?/m0/s1. The van der Waals surface area contributed by atoms with Crippen molar-refractivity contribution in [2.24, 2.45) is 0 Å². The van der Waals surface area contributed by atoms with Crippen molar-refractivity contribution in [3.05, 3.63) is 71.8 Å². The monoisotopic (exact) mass is 252 g/mol. The molecule has 0 amide bonds. The molecule has 2 aromatic carbocycles. The summed E-state index contributed by atoms with van der Waals surface area (Å²) in [6.07, 6.45) is 0.620. The molecule has 3 nitrogen and oxygen atoms in total. The summed E-state index contributed by atoms with van der Waals surface area (Å²) in [5.41, 5.74) is 2.38. The lowest BCUT2D eigenvalue weighted by atomic mass is 9.95. The first-order valence-corrected chi connectivity index (χ1v) is 6.46. The number of hydrogen-bond acceptors (Lipinski definition) is 3. The summed E-state index contributed by atoms with van der Waals surface area (Å²) in [6.45, 7) is 0. The van der Waals surface area contributed by atoms with Gasteiger partial charge < -0.3 is 4.79 Å². The van der Waals surface area contributed by atoms with Crippen LogP contribution < -0.4 is 10.6 Å². The highest BCUT2D eigenvalue weighted by atomic mass is 16.1. The number of benzene rings is 2. The molecule has 2 aromatic rings. The Labute approximate surface area is 112 Å². The summed E-state index contributed by atoms with van der Waals surface area (Å²) >= 11 is 0. The van der Waals surface area contributed by atoms with E-state index in [1.807, 2.05) is 36.4 Å². The van der Waals surface area contributed by atoms with Crippen LogP contribution in [0, 0.1) is 0 Å². The van der Waals surface area contributed by atoms with Crippen LogP contribution >= 0.6 is 0 Å². The quantitative estimate of drug-likeness (QED) is 0.823. The number of hydrogen-bond donors (Lipinski definition) is 2. The predicted octanol–water partition coefficient (Wildman–Crippen LogP) is 2.19. The van der Waals surface area contributed by atoms with Gasteiger partial charge in [-0.3, -0.25) is 10.6 Å². The van der Waals surface area contributed by atoms with Crippen molar-refractivity contribution in [2.45, 2.75) is 18.2 Å². The Bertz CT molecular complexity index is 494. The average Bonchev–Trinajstić information content (AvgIpc) is 2.93. The highest BCUT2D eigenvalue weighted by Crippen LogP contribution is 2.32. The van der Waals surface area contributed by atoms with Gasteiger partial charge in [0.25, 0.3) is 0 Å². The summed E-state index contributed by atoms with van der Waals surface area (Å²) in [4.78, 5) is 11.0. The van der Waals surface area contributed by atoms with Crippen molar-refractivity contribution in [2.75, 3.05) is 0 Å². The van der Waals surface area contributed by atoms with Gasteiger partial charge in [0.15, 0.2) is 6.29 Å². The molecular formula is C16H16N2O. The van der Waals surface area contributed by atoms with E-state index in [1.54, 1.807) is 0 Å². The van der Waals surface area contributed by atoms with Gasteiger partial charge in [-0.15, -0.1) is 0 Å². The van der Waals surface area contributed by atoms with E-state index in [9.17, 15) is 4.79 Å². The van der Waals surface area contributed by atoms with Gasteiger partial charge in [0.2, 0.25) is 0 Å². The summed E-state index contributed by atoms with van der Waals surface area (Å²) in [5.74, 6) is 0. The summed E-state index contributed by atoms with van der Waals surface area (Å²) < 4.78 is 0. The van der Waals surface area contributed by atoms with E-state index in [-0.39, 0.29) is 18.2 Å². The van der Waals surface area contributed by atoms with E-state index in [0.29, 0.717) is 0 Å². The first kappa shape index (κ1) is 12.1. The molecule has 1 fully saturated rings. The van der Waals surface area contributed by atoms with Crippen LogP contribution in [0.3, 0.4) is 0 Å². The molecule has 0 aromatic heterocycles. The molecule has 1 heterocycles. The van der Waals surface area contributed by atoms with Crippen LogP contribution in [0.4, 0.5) is 0 Å². The Morgan fingerprint density at radius 1 is 0.737 bits per heavy atom. The molecule has 1 aliphatic rings. The smallest absolute Gasteiger partial charge is 0.151 e. The average molecular weight is 252 g/mol. The SMILES string of the molecule is O=CC1NC(c2ccccc2)[C@H](c2ccccc2)N1. The van der Waals surface area contributed by atoms with Crippen molar-refractivity contribution in [3.8, 4) is 0 Å². The van der Waals surface area contributed by atoms with Crippen LogP contribution in [0.15, 0.2) is 60.7 Å². The van der Waals surface area contributed by atoms with Crippen LogP contribution in [0.2, 0.25) is 0 Å². The van der Waals surface area contributed by atoms with E-state index in [1.165, 1.54) is 11.1 Å². The molecule has 2 unspecified atom stereocenters. The number of rotatable bonds is 3. The summed E-state index contributed by atoms with van der Waals surface area (Å²) in [6, 6.07) is 20.6. The zero-order chi connectivity index (χ0) is 13.1. The van der Waals surface area contributed by atoms with Gasteiger partial charge in [0, 0.05) is 0 Å². The Morgan fingerprint density at radius 3 is 1.53 bits per heavy atom. The van der Waals surface area contributed by atoms with Gasteiger partial charge in [-0.25, -0.2) is 0 Å². The van der Waals surface area contributed by atoms with Crippen molar-refractivity contribution < 1.29 is 4.79 Å². The lowest BCUT2D eigenvalue weighted by Gasteiger charge is -2.19. The van der Waals surface area contributed by atoms with Crippen molar-refractivity contribution in [3.63, 3.8) is 0 Å². The lowest BCUT2D eigenvalue weighted by Crippen LogP contribution is -2.33. The second-order valence-electron chi connectivity index (χ2n) is 4.72. The third-order valence-electron chi connectivity index (χ3n) is 3.51.